The fraction of sp³-hybridized carbons (Fsp3) is 0.500. The Kier molecular flexibility index (Phi) is 6.29. The molecule has 1 heterocycles. The molecule has 1 rings (SSSR count). The van der Waals surface area contributed by atoms with Crippen LogP contribution in [0.25, 0.3) is 0 Å². The van der Waals surface area contributed by atoms with Crippen molar-refractivity contribution in [3.05, 3.63) is 22.6 Å². The van der Waals surface area contributed by atoms with Gasteiger partial charge in [0, 0.05) is 37.4 Å². The van der Waals surface area contributed by atoms with Crippen LogP contribution in [0.15, 0.2) is 16.7 Å². The summed E-state index contributed by atoms with van der Waals surface area (Å²) in [6.45, 7) is 2.81. The Labute approximate surface area is 103 Å². The van der Waals surface area contributed by atoms with Crippen molar-refractivity contribution >= 4 is 21.7 Å². The molecular weight excluding hydrogens is 277 g/mol. The summed E-state index contributed by atoms with van der Waals surface area (Å²) in [5, 5.41) is 6.05. The summed E-state index contributed by atoms with van der Waals surface area (Å²) in [5.41, 5.74) is 0. The van der Waals surface area contributed by atoms with Crippen LogP contribution >= 0.6 is 15.9 Å². The van der Waals surface area contributed by atoms with Gasteiger partial charge < -0.3 is 15.4 Å². The Morgan fingerprint density at radius 2 is 2.25 bits per heavy atom. The number of nitrogens with zero attached hydrogens (tertiary/aromatic N) is 1. The molecule has 0 bridgehead atoms. The average Bonchev–Trinajstić information content (AvgIpc) is 2.26. The standard InChI is InChI=1S/C10H15BrFN3O/c1-16-5-4-13-2-3-14-10-9(12)6-8(11)7-15-10/h6-7,13H,2-5H2,1H3,(H,14,15). The van der Waals surface area contributed by atoms with Crippen LogP contribution in [0.2, 0.25) is 0 Å². The fourth-order valence-electron chi connectivity index (χ4n) is 1.11. The molecule has 0 atom stereocenters. The van der Waals surface area contributed by atoms with Gasteiger partial charge in [-0.2, -0.15) is 0 Å². The van der Waals surface area contributed by atoms with Gasteiger partial charge in [-0.15, -0.1) is 0 Å². The van der Waals surface area contributed by atoms with Crippen LogP contribution in [0, 0.1) is 5.82 Å². The molecule has 0 fully saturated rings. The van der Waals surface area contributed by atoms with Gasteiger partial charge in [-0.05, 0) is 22.0 Å². The third-order valence-corrected chi connectivity index (χ3v) is 2.32. The Morgan fingerprint density at radius 3 is 2.94 bits per heavy atom. The Hall–Kier alpha value is -0.720. The van der Waals surface area contributed by atoms with Crippen molar-refractivity contribution in [2.75, 3.05) is 38.7 Å². The van der Waals surface area contributed by atoms with Gasteiger partial charge in [0.25, 0.3) is 0 Å². The van der Waals surface area contributed by atoms with Crippen molar-refractivity contribution in [3.63, 3.8) is 0 Å². The van der Waals surface area contributed by atoms with Crippen molar-refractivity contribution in [2.24, 2.45) is 0 Å². The highest BCUT2D eigenvalue weighted by molar-refractivity contribution is 9.10. The molecule has 2 N–H and O–H groups in total. The number of halogens is 2. The Morgan fingerprint density at radius 1 is 1.44 bits per heavy atom. The molecule has 16 heavy (non-hydrogen) atoms. The highest BCUT2D eigenvalue weighted by Gasteiger charge is 2.02. The van der Waals surface area contributed by atoms with E-state index in [0.29, 0.717) is 17.6 Å². The van der Waals surface area contributed by atoms with Crippen molar-refractivity contribution in [2.45, 2.75) is 0 Å². The number of nitrogens with one attached hydrogen (secondary N) is 2. The maximum Gasteiger partial charge on any atom is 0.166 e. The fourth-order valence-corrected chi connectivity index (χ4v) is 1.42. The summed E-state index contributed by atoms with van der Waals surface area (Å²) in [6.07, 6.45) is 1.56. The number of hydrogen-bond donors (Lipinski definition) is 2. The Bertz CT molecular complexity index is 325. The number of methoxy groups -OCH3 is 1. The second-order valence-corrected chi connectivity index (χ2v) is 4.07. The molecule has 1 aromatic rings. The van der Waals surface area contributed by atoms with E-state index in [-0.39, 0.29) is 11.6 Å². The highest BCUT2D eigenvalue weighted by Crippen LogP contribution is 2.15. The van der Waals surface area contributed by atoms with Crippen LogP contribution in [-0.2, 0) is 4.74 Å². The van der Waals surface area contributed by atoms with E-state index in [9.17, 15) is 4.39 Å². The largest absolute Gasteiger partial charge is 0.383 e. The quantitative estimate of drug-likeness (QED) is 0.750. The molecule has 0 aromatic carbocycles. The first-order chi connectivity index (χ1) is 7.74. The van der Waals surface area contributed by atoms with Crippen LogP contribution in [0.4, 0.5) is 10.2 Å². The number of pyridine rings is 1. The van der Waals surface area contributed by atoms with E-state index in [2.05, 4.69) is 31.5 Å². The second kappa shape index (κ2) is 7.54. The third kappa shape index (κ3) is 4.87. The van der Waals surface area contributed by atoms with Crippen molar-refractivity contribution < 1.29 is 9.13 Å². The topological polar surface area (TPSA) is 46.2 Å². The summed E-state index contributed by atoms with van der Waals surface area (Å²) in [4.78, 5) is 3.93. The predicted molar refractivity (Wildman–Crippen MR) is 65.1 cm³/mol. The highest BCUT2D eigenvalue weighted by atomic mass is 79.9. The van der Waals surface area contributed by atoms with Gasteiger partial charge in [-0.3, -0.25) is 0 Å². The number of anilines is 1. The first-order valence-corrected chi connectivity index (χ1v) is 5.78. The molecule has 0 saturated heterocycles. The van der Waals surface area contributed by atoms with Gasteiger partial charge >= 0.3 is 0 Å². The summed E-state index contributed by atoms with van der Waals surface area (Å²) in [7, 11) is 1.65. The maximum absolute atomic E-state index is 13.3. The van der Waals surface area contributed by atoms with E-state index in [1.807, 2.05) is 0 Å². The molecule has 1 aromatic heterocycles. The molecule has 0 unspecified atom stereocenters. The number of aromatic nitrogens is 1. The monoisotopic (exact) mass is 291 g/mol. The zero-order chi connectivity index (χ0) is 11.8. The van der Waals surface area contributed by atoms with E-state index < -0.39 is 0 Å². The van der Waals surface area contributed by atoms with E-state index in [1.54, 1.807) is 13.3 Å². The molecule has 0 radical (unpaired) electrons. The van der Waals surface area contributed by atoms with Crippen molar-refractivity contribution in [1.29, 1.82) is 0 Å². The van der Waals surface area contributed by atoms with Crippen molar-refractivity contribution in [1.82, 2.24) is 10.3 Å². The maximum atomic E-state index is 13.3. The number of rotatable bonds is 7. The Balaban J connectivity index is 2.21. The van der Waals surface area contributed by atoms with Gasteiger partial charge in [0.15, 0.2) is 11.6 Å². The van der Waals surface area contributed by atoms with E-state index >= 15 is 0 Å². The van der Waals surface area contributed by atoms with Crippen LogP contribution in [-0.4, -0.2) is 38.3 Å². The molecule has 0 aliphatic rings. The van der Waals surface area contributed by atoms with Gasteiger partial charge in [0.2, 0.25) is 0 Å². The minimum absolute atomic E-state index is 0.275. The average molecular weight is 292 g/mol. The van der Waals surface area contributed by atoms with Crippen LogP contribution in [0.3, 0.4) is 0 Å². The van der Waals surface area contributed by atoms with Gasteiger partial charge in [-0.1, -0.05) is 0 Å². The van der Waals surface area contributed by atoms with Crippen LogP contribution < -0.4 is 10.6 Å². The minimum atomic E-state index is -0.355. The van der Waals surface area contributed by atoms with E-state index in [4.69, 9.17) is 4.74 Å². The molecule has 0 spiro atoms. The van der Waals surface area contributed by atoms with Crippen LogP contribution in [0.1, 0.15) is 0 Å². The summed E-state index contributed by atoms with van der Waals surface area (Å²) in [6, 6.07) is 1.38. The molecular formula is C10H15BrFN3O. The van der Waals surface area contributed by atoms with Crippen molar-refractivity contribution in [3.8, 4) is 0 Å². The molecule has 0 aliphatic heterocycles. The summed E-state index contributed by atoms with van der Waals surface area (Å²) in [5.74, 6) is -0.0805. The molecule has 0 amide bonds. The molecule has 90 valence electrons. The lowest BCUT2D eigenvalue weighted by Crippen LogP contribution is -2.25. The van der Waals surface area contributed by atoms with Gasteiger partial charge in [0.05, 0.1) is 6.61 Å². The molecule has 0 aliphatic carbocycles. The van der Waals surface area contributed by atoms with Crippen LogP contribution in [0.5, 0.6) is 0 Å². The lowest BCUT2D eigenvalue weighted by atomic mass is 10.4. The van der Waals surface area contributed by atoms with E-state index in [0.717, 1.165) is 13.1 Å². The SMILES string of the molecule is COCCNCCNc1ncc(Br)cc1F. The zero-order valence-electron chi connectivity index (χ0n) is 9.09. The first kappa shape index (κ1) is 13.3. The molecule has 0 saturated carbocycles. The predicted octanol–water partition coefficient (Wildman–Crippen LogP) is 1.63. The number of ether oxygens (including phenoxy) is 1. The summed E-state index contributed by atoms with van der Waals surface area (Å²) >= 11 is 3.15. The molecule has 4 nitrogen and oxygen atoms in total. The van der Waals surface area contributed by atoms with E-state index in [1.165, 1.54) is 6.07 Å². The molecule has 6 heteroatoms. The first-order valence-electron chi connectivity index (χ1n) is 4.98. The normalized spacial score (nSPS) is 10.4. The minimum Gasteiger partial charge on any atom is -0.383 e. The number of hydrogen-bond acceptors (Lipinski definition) is 4. The van der Waals surface area contributed by atoms with Gasteiger partial charge in [-0.25, -0.2) is 9.37 Å². The third-order valence-electron chi connectivity index (χ3n) is 1.88. The lowest BCUT2D eigenvalue weighted by Gasteiger charge is -2.07. The second-order valence-electron chi connectivity index (χ2n) is 3.15. The van der Waals surface area contributed by atoms with Gasteiger partial charge in [0.1, 0.15) is 0 Å². The smallest absolute Gasteiger partial charge is 0.166 e. The lowest BCUT2D eigenvalue weighted by molar-refractivity contribution is 0.200. The zero-order valence-corrected chi connectivity index (χ0v) is 10.7. The summed E-state index contributed by atoms with van der Waals surface area (Å²) < 4.78 is 18.8.